The normalized spacial score (nSPS) is 13.1. The van der Waals surface area contributed by atoms with E-state index in [1.165, 1.54) is 43.0 Å². The maximum absolute atomic E-state index is 13.3. The van der Waals surface area contributed by atoms with Gasteiger partial charge >= 0.3 is 6.09 Å². The van der Waals surface area contributed by atoms with Crippen molar-refractivity contribution in [3.8, 4) is 0 Å². The average molecular weight is 642 g/mol. The first-order valence-corrected chi connectivity index (χ1v) is 14.8. The number of nitrogens with one attached hydrogen (secondary N) is 2. The second-order valence-corrected chi connectivity index (χ2v) is 12.0. The molecular weight excluding hydrogens is 611 g/mol. The second-order valence-electron chi connectivity index (χ2n) is 9.29. The number of sulfonamides is 1. The summed E-state index contributed by atoms with van der Waals surface area (Å²) in [5.41, 5.74) is 1.70. The van der Waals surface area contributed by atoms with Crippen molar-refractivity contribution in [1.29, 1.82) is 0 Å². The molecule has 226 valence electrons. The Morgan fingerprint density at radius 2 is 1.69 bits per heavy atom. The molecule has 42 heavy (non-hydrogen) atoms. The van der Waals surface area contributed by atoms with Gasteiger partial charge < -0.3 is 20.6 Å². The van der Waals surface area contributed by atoms with Gasteiger partial charge in [0.25, 0.3) is 0 Å². The van der Waals surface area contributed by atoms with Gasteiger partial charge in [-0.05, 0) is 30.2 Å². The van der Waals surface area contributed by atoms with Crippen LogP contribution in [0.15, 0.2) is 46.3 Å². The first-order chi connectivity index (χ1) is 19.8. The Bertz CT molecular complexity index is 1520. The standard InChI is InChI=1S/C26H30Cl2N6O7S/c1-16-19(27)8-9-20(24(16)28)42(40,41)33(14-21(35)29-2)15-22(36)31-12-23(37)32(3)13-17-4-6-18(7-5-17)25-30-10-11-34(25)26(38)39/h4-9H,10-15H2,1-3H3,(H,29,35)(H,31,36)(H,38,39). The molecule has 0 unspecified atom stereocenters. The van der Waals surface area contributed by atoms with Gasteiger partial charge in [-0.25, -0.2) is 13.2 Å². The zero-order valence-electron chi connectivity index (χ0n) is 23.1. The van der Waals surface area contributed by atoms with Gasteiger partial charge in [0.15, 0.2) is 0 Å². The van der Waals surface area contributed by atoms with E-state index in [1.807, 2.05) is 0 Å². The molecule has 0 fully saturated rings. The fourth-order valence-electron chi connectivity index (χ4n) is 3.97. The number of rotatable bonds is 11. The zero-order chi connectivity index (χ0) is 31.2. The van der Waals surface area contributed by atoms with Crippen LogP contribution < -0.4 is 10.6 Å². The predicted molar refractivity (Wildman–Crippen MR) is 156 cm³/mol. The summed E-state index contributed by atoms with van der Waals surface area (Å²) < 4.78 is 27.3. The SMILES string of the molecule is CNC(=O)CN(CC(=O)NCC(=O)N(C)Cc1ccc(C2=NCCN2C(=O)O)cc1)S(=O)(=O)c1ccc(Cl)c(C)c1Cl. The minimum Gasteiger partial charge on any atom is -0.465 e. The third kappa shape index (κ3) is 7.76. The van der Waals surface area contributed by atoms with Gasteiger partial charge in [0, 0.05) is 31.2 Å². The molecule has 0 bridgehead atoms. The van der Waals surface area contributed by atoms with Crippen molar-refractivity contribution < 1.29 is 32.7 Å². The Kier molecular flexibility index (Phi) is 10.9. The van der Waals surface area contributed by atoms with Crippen LogP contribution in [0.2, 0.25) is 10.0 Å². The molecule has 4 amide bonds. The van der Waals surface area contributed by atoms with E-state index < -0.39 is 53.5 Å². The molecule has 0 radical (unpaired) electrons. The van der Waals surface area contributed by atoms with Crippen molar-refractivity contribution in [3.05, 3.63) is 63.1 Å². The summed E-state index contributed by atoms with van der Waals surface area (Å²) in [6, 6.07) is 9.45. The number of benzene rings is 2. The van der Waals surface area contributed by atoms with E-state index in [0.29, 0.717) is 34.4 Å². The molecular formula is C26H30Cl2N6O7S. The Morgan fingerprint density at radius 1 is 1.05 bits per heavy atom. The quantitative estimate of drug-likeness (QED) is 0.335. The van der Waals surface area contributed by atoms with Crippen molar-refractivity contribution in [2.45, 2.75) is 18.4 Å². The highest BCUT2D eigenvalue weighted by Gasteiger charge is 2.31. The van der Waals surface area contributed by atoms with Gasteiger partial charge in [-0.3, -0.25) is 24.3 Å². The lowest BCUT2D eigenvalue weighted by Gasteiger charge is -2.23. The van der Waals surface area contributed by atoms with Crippen LogP contribution >= 0.6 is 23.2 Å². The smallest absolute Gasteiger partial charge is 0.413 e. The number of halogens is 2. The summed E-state index contributed by atoms with van der Waals surface area (Å²) in [5, 5.41) is 14.1. The molecule has 2 aromatic carbocycles. The van der Waals surface area contributed by atoms with Gasteiger partial charge in [0.05, 0.1) is 37.7 Å². The minimum atomic E-state index is -4.40. The number of nitrogens with zero attached hydrogens (tertiary/aromatic N) is 4. The van der Waals surface area contributed by atoms with Crippen LogP contribution in [0, 0.1) is 6.92 Å². The summed E-state index contributed by atoms with van der Waals surface area (Å²) in [7, 11) is -1.55. The summed E-state index contributed by atoms with van der Waals surface area (Å²) >= 11 is 12.2. The fraction of sp³-hybridized carbons (Fsp3) is 0.346. The molecule has 0 spiro atoms. The molecule has 1 aliphatic rings. The first-order valence-electron chi connectivity index (χ1n) is 12.6. The summed E-state index contributed by atoms with van der Waals surface area (Å²) in [6.07, 6.45) is -1.08. The number of carbonyl (C=O) groups is 4. The third-order valence-electron chi connectivity index (χ3n) is 6.39. The number of likely N-dealkylation sites (N-methyl/N-ethyl adjacent to an activating group) is 2. The van der Waals surface area contributed by atoms with E-state index in [4.69, 9.17) is 23.2 Å². The molecule has 13 nitrogen and oxygen atoms in total. The average Bonchev–Trinajstić information content (AvgIpc) is 3.45. The highest BCUT2D eigenvalue weighted by molar-refractivity contribution is 7.89. The van der Waals surface area contributed by atoms with Crippen molar-refractivity contribution in [2.75, 3.05) is 46.8 Å². The van der Waals surface area contributed by atoms with E-state index >= 15 is 0 Å². The first kappa shape index (κ1) is 32.8. The maximum Gasteiger partial charge on any atom is 0.413 e. The van der Waals surface area contributed by atoms with E-state index in [0.717, 1.165) is 5.56 Å². The molecule has 2 aromatic rings. The third-order valence-corrected chi connectivity index (χ3v) is 9.23. The Labute approximate surface area is 253 Å². The monoisotopic (exact) mass is 640 g/mol. The summed E-state index contributed by atoms with van der Waals surface area (Å²) in [4.78, 5) is 55.2. The molecule has 3 N–H and O–H groups in total. The second kappa shape index (κ2) is 14.0. The number of carbonyl (C=O) groups excluding carboxylic acids is 3. The Morgan fingerprint density at radius 3 is 2.31 bits per heavy atom. The summed E-state index contributed by atoms with van der Waals surface area (Å²) in [5.74, 6) is -1.56. The van der Waals surface area contributed by atoms with Crippen LogP contribution in [0.25, 0.3) is 0 Å². The number of hydrogen-bond acceptors (Lipinski definition) is 7. The Balaban J connectivity index is 1.62. The van der Waals surface area contributed by atoms with Crippen LogP contribution in [0.1, 0.15) is 16.7 Å². The lowest BCUT2D eigenvalue weighted by Crippen LogP contribution is -2.47. The van der Waals surface area contributed by atoms with Gasteiger partial charge in [0.2, 0.25) is 27.7 Å². The van der Waals surface area contributed by atoms with Crippen molar-refractivity contribution in [1.82, 2.24) is 24.7 Å². The molecule has 16 heteroatoms. The highest BCUT2D eigenvalue weighted by Crippen LogP contribution is 2.32. The van der Waals surface area contributed by atoms with Gasteiger partial charge in [0.1, 0.15) is 10.7 Å². The van der Waals surface area contributed by atoms with E-state index in [9.17, 15) is 32.7 Å². The van der Waals surface area contributed by atoms with Crippen LogP contribution in [0.3, 0.4) is 0 Å². The van der Waals surface area contributed by atoms with Crippen molar-refractivity contribution in [3.63, 3.8) is 0 Å². The molecule has 0 atom stereocenters. The van der Waals surface area contributed by atoms with Crippen molar-refractivity contribution >= 4 is 62.9 Å². The molecule has 0 aliphatic carbocycles. The minimum absolute atomic E-state index is 0.134. The largest absolute Gasteiger partial charge is 0.465 e. The van der Waals surface area contributed by atoms with Crippen LogP contribution in [-0.2, 0) is 31.0 Å². The lowest BCUT2D eigenvalue weighted by atomic mass is 10.1. The molecule has 1 heterocycles. The van der Waals surface area contributed by atoms with Gasteiger partial charge in [-0.1, -0.05) is 47.5 Å². The lowest BCUT2D eigenvalue weighted by molar-refractivity contribution is -0.132. The van der Waals surface area contributed by atoms with Crippen molar-refractivity contribution in [2.24, 2.45) is 4.99 Å². The van der Waals surface area contributed by atoms with E-state index in [1.54, 1.807) is 24.3 Å². The number of amidine groups is 1. The van der Waals surface area contributed by atoms with Crippen LogP contribution in [-0.4, -0.2) is 104 Å². The number of hydrogen-bond donors (Lipinski definition) is 3. The molecule has 3 rings (SSSR count). The number of amides is 4. The maximum atomic E-state index is 13.3. The van der Waals surface area contributed by atoms with Crippen LogP contribution in [0.5, 0.6) is 0 Å². The zero-order valence-corrected chi connectivity index (χ0v) is 25.4. The topological polar surface area (TPSA) is 169 Å². The van der Waals surface area contributed by atoms with Crippen LogP contribution in [0.4, 0.5) is 4.79 Å². The number of carboxylic acid groups (broad SMARTS) is 1. The summed E-state index contributed by atoms with van der Waals surface area (Å²) in [6.45, 7) is 0.569. The fourth-order valence-corrected chi connectivity index (χ4v) is 6.10. The highest BCUT2D eigenvalue weighted by atomic mass is 35.5. The molecule has 0 saturated carbocycles. The predicted octanol–water partition coefficient (Wildman–Crippen LogP) is 1.55. The number of aliphatic imine (C=N–C) groups is 1. The van der Waals surface area contributed by atoms with E-state index in [-0.39, 0.29) is 21.5 Å². The molecule has 0 aromatic heterocycles. The Hall–Kier alpha value is -3.72. The molecule has 1 aliphatic heterocycles. The van der Waals surface area contributed by atoms with E-state index in [2.05, 4.69) is 15.6 Å². The molecule has 0 saturated heterocycles. The van der Waals surface area contributed by atoms with Gasteiger partial charge in [-0.15, -0.1) is 0 Å². The van der Waals surface area contributed by atoms with Gasteiger partial charge in [-0.2, -0.15) is 4.31 Å².